The SMILES string of the molecule is C#C[C@H](O)[C@@](F)(CO)OC. The summed E-state index contributed by atoms with van der Waals surface area (Å²) in [6.45, 7) is -0.963. The second-order valence-corrected chi connectivity index (χ2v) is 1.72. The van der Waals surface area contributed by atoms with E-state index in [1.54, 1.807) is 5.92 Å². The third-order valence-corrected chi connectivity index (χ3v) is 1.12. The van der Waals surface area contributed by atoms with Gasteiger partial charge in [0.1, 0.15) is 6.61 Å². The minimum atomic E-state index is -2.53. The van der Waals surface area contributed by atoms with Gasteiger partial charge < -0.3 is 14.9 Å². The average molecular weight is 148 g/mol. The van der Waals surface area contributed by atoms with Gasteiger partial charge in [-0.05, 0) is 0 Å². The number of halogens is 1. The molecule has 0 aromatic carbocycles. The zero-order valence-corrected chi connectivity index (χ0v) is 5.54. The first-order chi connectivity index (χ1) is 4.60. The molecule has 10 heavy (non-hydrogen) atoms. The molecule has 4 heteroatoms. The van der Waals surface area contributed by atoms with Crippen LogP contribution in [0.1, 0.15) is 0 Å². The van der Waals surface area contributed by atoms with E-state index in [0.717, 1.165) is 7.11 Å². The molecule has 0 aliphatic rings. The van der Waals surface area contributed by atoms with Crippen LogP contribution < -0.4 is 0 Å². The molecule has 0 saturated heterocycles. The second-order valence-electron chi connectivity index (χ2n) is 1.72. The molecule has 58 valence electrons. The molecule has 0 saturated carbocycles. The maximum Gasteiger partial charge on any atom is 0.269 e. The van der Waals surface area contributed by atoms with Crippen LogP contribution in [0.15, 0.2) is 0 Å². The van der Waals surface area contributed by atoms with Crippen molar-refractivity contribution < 1.29 is 19.3 Å². The van der Waals surface area contributed by atoms with E-state index >= 15 is 0 Å². The van der Waals surface area contributed by atoms with Crippen LogP contribution >= 0.6 is 0 Å². The predicted octanol–water partition coefficient (Wildman–Crippen LogP) is -0.715. The Morgan fingerprint density at radius 1 is 1.90 bits per heavy atom. The Hall–Kier alpha value is -0.630. The lowest BCUT2D eigenvalue weighted by molar-refractivity contribution is -0.195. The van der Waals surface area contributed by atoms with E-state index in [1.807, 2.05) is 0 Å². The zero-order valence-electron chi connectivity index (χ0n) is 5.54. The molecule has 0 aromatic rings. The number of terminal acetylenes is 1. The Morgan fingerprint density at radius 2 is 2.40 bits per heavy atom. The molecule has 0 bridgehead atoms. The lowest BCUT2D eigenvalue weighted by atomic mass is 10.2. The summed E-state index contributed by atoms with van der Waals surface area (Å²) in [7, 11) is 1.01. The molecule has 0 rings (SSSR count). The van der Waals surface area contributed by atoms with E-state index in [1.165, 1.54) is 0 Å². The molecule has 3 nitrogen and oxygen atoms in total. The third kappa shape index (κ3) is 1.67. The summed E-state index contributed by atoms with van der Waals surface area (Å²) in [6.07, 6.45) is 2.94. The van der Waals surface area contributed by atoms with Crippen molar-refractivity contribution in [1.82, 2.24) is 0 Å². The number of hydrogen-bond acceptors (Lipinski definition) is 3. The van der Waals surface area contributed by atoms with E-state index < -0.39 is 18.6 Å². The van der Waals surface area contributed by atoms with E-state index in [4.69, 9.17) is 10.2 Å². The molecular formula is C6H9FO3. The van der Waals surface area contributed by atoms with E-state index in [9.17, 15) is 4.39 Å². The highest BCUT2D eigenvalue weighted by Crippen LogP contribution is 2.15. The predicted molar refractivity (Wildman–Crippen MR) is 32.8 cm³/mol. The summed E-state index contributed by atoms with van der Waals surface area (Å²) in [5.41, 5.74) is 0. The number of methoxy groups -OCH3 is 1. The van der Waals surface area contributed by atoms with Gasteiger partial charge in [0.05, 0.1) is 0 Å². The highest BCUT2D eigenvalue weighted by molar-refractivity contribution is 5.01. The molecule has 0 heterocycles. The number of rotatable bonds is 3. The molecule has 0 aliphatic heterocycles. The van der Waals surface area contributed by atoms with Gasteiger partial charge in [0, 0.05) is 7.11 Å². The molecule has 0 aromatic heterocycles. The quantitative estimate of drug-likeness (QED) is 0.519. The molecule has 0 amide bonds. The van der Waals surface area contributed by atoms with Gasteiger partial charge in [-0.1, -0.05) is 5.92 Å². The molecular weight excluding hydrogens is 139 g/mol. The maximum atomic E-state index is 12.8. The fraction of sp³-hybridized carbons (Fsp3) is 0.667. The Bertz CT molecular complexity index is 136. The highest BCUT2D eigenvalue weighted by Gasteiger charge is 2.36. The Balaban J connectivity index is 4.20. The van der Waals surface area contributed by atoms with Gasteiger partial charge in [0.25, 0.3) is 5.85 Å². The molecule has 2 atom stereocenters. The van der Waals surface area contributed by atoms with E-state index in [0.29, 0.717) is 0 Å². The van der Waals surface area contributed by atoms with Crippen molar-refractivity contribution in [2.24, 2.45) is 0 Å². The van der Waals surface area contributed by atoms with Gasteiger partial charge in [0.15, 0.2) is 6.10 Å². The molecule has 0 spiro atoms. The smallest absolute Gasteiger partial charge is 0.269 e. The van der Waals surface area contributed by atoms with Crippen molar-refractivity contribution in [3.63, 3.8) is 0 Å². The molecule has 0 radical (unpaired) electrons. The fourth-order valence-electron chi connectivity index (χ4n) is 0.387. The van der Waals surface area contributed by atoms with Crippen molar-refractivity contribution in [3.05, 3.63) is 0 Å². The summed E-state index contributed by atoms with van der Waals surface area (Å²) >= 11 is 0. The van der Waals surface area contributed by atoms with Crippen LogP contribution in [0.4, 0.5) is 4.39 Å². The Kier molecular flexibility index (Phi) is 3.30. The molecule has 0 aliphatic carbocycles. The number of aliphatic hydroxyl groups is 2. The molecule has 2 N–H and O–H groups in total. The summed E-state index contributed by atoms with van der Waals surface area (Å²) in [5, 5.41) is 17.0. The number of alkyl halides is 1. The Morgan fingerprint density at radius 3 is 2.50 bits per heavy atom. The van der Waals surface area contributed by atoms with E-state index in [2.05, 4.69) is 11.2 Å². The van der Waals surface area contributed by atoms with Crippen LogP contribution in [-0.2, 0) is 4.74 Å². The van der Waals surface area contributed by atoms with Crippen LogP contribution in [0.2, 0.25) is 0 Å². The van der Waals surface area contributed by atoms with Crippen LogP contribution in [0, 0.1) is 12.3 Å². The lowest BCUT2D eigenvalue weighted by Gasteiger charge is -2.22. The number of hydrogen-bond donors (Lipinski definition) is 2. The summed E-state index contributed by atoms with van der Waals surface area (Å²) in [6, 6.07) is 0. The molecule has 0 fully saturated rings. The minimum Gasteiger partial charge on any atom is -0.390 e. The van der Waals surface area contributed by atoms with Gasteiger partial charge in [-0.15, -0.1) is 6.42 Å². The van der Waals surface area contributed by atoms with Crippen LogP contribution in [-0.4, -0.2) is 35.9 Å². The monoisotopic (exact) mass is 148 g/mol. The van der Waals surface area contributed by atoms with Crippen molar-refractivity contribution in [2.45, 2.75) is 12.0 Å². The zero-order chi connectivity index (χ0) is 8.20. The summed E-state index contributed by atoms with van der Waals surface area (Å²) < 4.78 is 16.9. The maximum absolute atomic E-state index is 12.8. The van der Waals surface area contributed by atoms with Gasteiger partial charge in [-0.3, -0.25) is 0 Å². The highest BCUT2D eigenvalue weighted by atomic mass is 19.2. The molecule has 0 unspecified atom stereocenters. The standard InChI is InChI=1S/C6H9FO3/c1-3-5(9)6(7,4-8)10-2/h1,5,8-9H,4H2,2H3/t5-,6+/m0/s1. The third-order valence-electron chi connectivity index (χ3n) is 1.12. The van der Waals surface area contributed by atoms with Crippen LogP contribution in [0.25, 0.3) is 0 Å². The average Bonchev–Trinajstić information content (AvgIpc) is 2.01. The van der Waals surface area contributed by atoms with Gasteiger partial charge in [-0.25, -0.2) is 4.39 Å². The fourth-order valence-corrected chi connectivity index (χ4v) is 0.387. The first kappa shape index (κ1) is 9.37. The van der Waals surface area contributed by atoms with Gasteiger partial charge in [0.2, 0.25) is 0 Å². The van der Waals surface area contributed by atoms with Crippen molar-refractivity contribution in [1.29, 1.82) is 0 Å². The normalized spacial score (nSPS) is 19.1. The Labute approximate surface area is 58.4 Å². The van der Waals surface area contributed by atoms with Gasteiger partial charge in [-0.2, -0.15) is 0 Å². The summed E-state index contributed by atoms with van der Waals surface area (Å²) in [5.74, 6) is -0.830. The van der Waals surface area contributed by atoms with Crippen molar-refractivity contribution in [2.75, 3.05) is 13.7 Å². The number of aliphatic hydroxyl groups excluding tert-OH is 2. The largest absolute Gasteiger partial charge is 0.390 e. The minimum absolute atomic E-state index is 0.963. The second kappa shape index (κ2) is 3.52. The first-order valence-electron chi connectivity index (χ1n) is 2.60. The van der Waals surface area contributed by atoms with Crippen LogP contribution in [0.3, 0.4) is 0 Å². The van der Waals surface area contributed by atoms with Gasteiger partial charge >= 0.3 is 0 Å². The van der Waals surface area contributed by atoms with Crippen molar-refractivity contribution >= 4 is 0 Å². The summed E-state index contributed by atoms with van der Waals surface area (Å²) in [4.78, 5) is 0. The first-order valence-corrected chi connectivity index (χ1v) is 2.60. The van der Waals surface area contributed by atoms with E-state index in [-0.39, 0.29) is 0 Å². The number of ether oxygens (including phenoxy) is 1. The van der Waals surface area contributed by atoms with Crippen molar-refractivity contribution in [3.8, 4) is 12.3 Å². The lowest BCUT2D eigenvalue weighted by Crippen LogP contribution is -2.42. The topological polar surface area (TPSA) is 49.7 Å². The van der Waals surface area contributed by atoms with Crippen LogP contribution in [0.5, 0.6) is 0 Å².